The first kappa shape index (κ1) is 20.5. The third-order valence-corrected chi connectivity index (χ3v) is 7.15. The lowest BCUT2D eigenvalue weighted by Gasteiger charge is -2.12. The molecule has 0 unspecified atom stereocenters. The summed E-state index contributed by atoms with van der Waals surface area (Å²) in [7, 11) is 0. The lowest BCUT2D eigenvalue weighted by Crippen LogP contribution is -2.34. The molecule has 3 aromatic heterocycles. The van der Waals surface area contributed by atoms with Gasteiger partial charge in [0, 0.05) is 41.2 Å². The van der Waals surface area contributed by atoms with Crippen molar-refractivity contribution in [2.24, 2.45) is 0 Å². The summed E-state index contributed by atoms with van der Waals surface area (Å²) in [6.07, 6.45) is 3.09. The number of nitrogens with one attached hydrogen (secondary N) is 3. The number of amides is 1. The van der Waals surface area contributed by atoms with E-state index in [1.54, 1.807) is 6.20 Å². The van der Waals surface area contributed by atoms with Gasteiger partial charge in [0.15, 0.2) is 0 Å². The van der Waals surface area contributed by atoms with Gasteiger partial charge >= 0.3 is 0 Å². The summed E-state index contributed by atoms with van der Waals surface area (Å²) in [5.74, 6) is 0.678. The summed E-state index contributed by atoms with van der Waals surface area (Å²) >= 11 is 7.61. The Morgan fingerprint density at radius 1 is 1.18 bits per heavy atom. The molecule has 168 valence electrons. The molecular formula is C22H20ClN7O2S. The molecule has 0 fully saturated rings. The van der Waals surface area contributed by atoms with Crippen molar-refractivity contribution < 1.29 is 9.53 Å². The minimum Gasteiger partial charge on any atom is -0.419 e. The summed E-state index contributed by atoms with van der Waals surface area (Å²) in [6, 6.07) is 3.90. The molecule has 1 atom stereocenters. The SMILES string of the molecule is C[C@@H]1CNc2c(sc3ccc4nc(Oc5nc(Cl)nc6c5CCNCC6)cnc4c23)C(=O)N1. The number of aromatic nitrogens is 4. The number of carbonyl (C=O) groups is 1. The number of thiophene rings is 1. The highest BCUT2D eigenvalue weighted by molar-refractivity contribution is 7.21. The Morgan fingerprint density at radius 3 is 2.97 bits per heavy atom. The molecule has 11 heteroatoms. The minimum absolute atomic E-state index is 0.0400. The lowest BCUT2D eigenvalue weighted by atomic mass is 10.1. The normalized spacial score (nSPS) is 18.1. The van der Waals surface area contributed by atoms with Gasteiger partial charge in [-0.25, -0.2) is 15.0 Å². The Balaban J connectivity index is 1.42. The van der Waals surface area contributed by atoms with Crippen LogP contribution in [-0.4, -0.2) is 51.5 Å². The van der Waals surface area contributed by atoms with Gasteiger partial charge in [-0.2, -0.15) is 4.98 Å². The summed E-state index contributed by atoms with van der Waals surface area (Å²) in [5, 5.41) is 10.8. The van der Waals surface area contributed by atoms with Crippen LogP contribution in [-0.2, 0) is 12.8 Å². The molecule has 0 saturated carbocycles. The zero-order chi connectivity index (χ0) is 22.5. The van der Waals surface area contributed by atoms with E-state index in [4.69, 9.17) is 16.3 Å². The maximum atomic E-state index is 12.6. The molecule has 6 rings (SSSR count). The van der Waals surface area contributed by atoms with Crippen molar-refractivity contribution >= 4 is 55.7 Å². The number of anilines is 1. The monoisotopic (exact) mass is 481 g/mol. The molecule has 9 nitrogen and oxygen atoms in total. The van der Waals surface area contributed by atoms with E-state index in [-0.39, 0.29) is 17.2 Å². The fourth-order valence-electron chi connectivity index (χ4n) is 4.29. The molecule has 3 N–H and O–H groups in total. The van der Waals surface area contributed by atoms with Crippen LogP contribution >= 0.6 is 22.9 Å². The van der Waals surface area contributed by atoms with Crippen LogP contribution < -0.4 is 20.7 Å². The fraction of sp³-hybridized carbons (Fsp3) is 0.318. The van der Waals surface area contributed by atoms with Crippen LogP contribution in [0.25, 0.3) is 21.1 Å². The first-order valence-corrected chi connectivity index (χ1v) is 12.0. The van der Waals surface area contributed by atoms with Crippen LogP contribution in [0.4, 0.5) is 5.69 Å². The van der Waals surface area contributed by atoms with E-state index in [0.717, 1.165) is 58.5 Å². The number of benzene rings is 1. The summed E-state index contributed by atoms with van der Waals surface area (Å²) in [6.45, 7) is 4.27. The van der Waals surface area contributed by atoms with Crippen LogP contribution in [0.2, 0.25) is 5.28 Å². The number of ether oxygens (including phenoxy) is 1. The quantitative estimate of drug-likeness (QED) is 0.374. The van der Waals surface area contributed by atoms with E-state index in [2.05, 4.69) is 35.9 Å². The number of carbonyl (C=O) groups excluding carboxylic acids is 1. The van der Waals surface area contributed by atoms with E-state index >= 15 is 0 Å². The summed E-state index contributed by atoms with van der Waals surface area (Å²) in [4.78, 5) is 31.3. The number of hydrogen-bond donors (Lipinski definition) is 3. The molecule has 1 amide bonds. The molecule has 2 aliphatic heterocycles. The van der Waals surface area contributed by atoms with Gasteiger partial charge in [-0.3, -0.25) is 4.79 Å². The average Bonchev–Trinajstić information content (AvgIpc) is 2.90. The number of nitrogens with zero attached hydrogens (tertiary/aromatic N) is 4. The van der Waals surface area contributed by atoms with E-state index in [9.17, 15) is 4.79 Å². The molecule has 1 aromatic carbocycles. The van der Waals surface area contributed by atoms with Gasteiger partial charge in [0.2, 0.25) is 17.0 Å². The summed E-state index contributed by atoms with van der Waals surface area (Å²) < 4.78 is 7.04. The van der Waals surface area contributed by atoms with E-state index in [1.807, 2.05) is 19.1 Å². The van der Waals surface area contributed by atoms with Crippen molar-refractivity contribution in [3.8, 4) is 11.8 Å². The minimum atomic E-state index is -0.0689. The third-order valence-electron chi connectivity index (χ3n) is 5.83. The van der Waals surface area contributed by atoms with Gasteiger partial charge in [0.1, 0.15) is 4.88 Å². The number of rotatable bonds is 2. The predicted molar refractivity (Wildman–Crippen MR) is 128 cm³/mol. The Labute approximate surface area is 198 Å². The van der Waals surface area contributed by atoms with E-state index in [1.165, 1.54) is 11.3 Å². The second-order valence-corrected chi connectivity index (χ2v) is 9.54. The van der Waals surface area contributed by atoms with E-state index in [0.29, 0.717) is 28.7 Å². The van der Waals surface area contributed by atoms with Crippen molar-refractivity contribution in [3.05, 3.63) is 39.7 Å². The Morgan fingerprint density at radius 2 is 2.06 bits per heavy atom. The molecule has 0 aliphatic carbocycles. The first-order chi connectivity index (χ1) is 16.1. The first-order valence-electron chi connectivity index (χ1n) is 10.8. The van der Waals surface area contributed by atoms with Gasteiger partial charge in [-0.15, -0.1) is 11.3 Å². The zero-order valence-corrected chi connectivity index (χ0v) is 19.3. The molecule has 0 saturated heterocycles. The topological polar surface area (TPSA) is 114 Å². The highest BCUT2D eigenvalue weighted by Crippen LogP contribution is 2.40. The van der Waals surface area contributed by atoms with Crippen molar-refractivity contribution in [2.75, 3.05) is 25.0 Å². The van der Waals surface area contributed by atoms with Gasteiger partial charge in [0.25, 0.3) is 5.91 Å². The third kappa shape index (κ3) is 3.64. The molecule has 0 spiro atoms. The van der Waals surface area contributed by atoms with Crippen LogP contribution in [0.15, 0.2) is 18.3 Å². The van der Waals surface area contributed by atoms with Gasteiger partial charge in [-0.05, 0) is 43.6 Å². The molecule has 4 aromatic rings. The smallest absolute Gasteiger partial charge is 0.263 e. The van der Waals surface area contributed by atoms with Crippen LogP contribution in [0.1, 0.15) is 27.9 Å². The van der Waals surface area contributed by atoms with Crippen LogP contribution in [0, 0.1) is 0 Å². The predicted octanol–water partition coefficient (Wildman–Crippen LogP) is 3.31. The molecule has 0 radical (unpaired) electrons. The number of hydrogen-bond acceptors (Lipinski definition) is 9. The highest BCUT2D eigenvalue weighted by Gasteiger charge is 2.25. The van der Waals surface area contributed by atoms with E-state index < -0.39 is 0 Å². The van der Waals surface area contributed by atoms with Crippen LogP contribution in [0.3, 0.4) is 0 Å². The van der Waals surface area contributed by atoms with Crippen molar-refractivity contribution in [1.82, 2.24) is 30.6 Å². The molecule has 33 heavy (non-hydrogen) atoms. The van der Waals surface area contributed by atoms with Crippen LogP contribution in [0.5, 0.6) is 11.8 Å². The average molecular weight is 482 g/mol. The van der Waals surface area contributed by atoms with Gasteiger partial charge < -0.3 is 20.7 Å². The molecule has 0 bridgehead atoms. The van der Waals surface area contributed by atoms with Crippen molar-refractivity contribution in [3.63, 3.8) is 0 Å². The maximum Gasteiger partial charge on any atom is 0.263 e. The highest BCUT2D eigenvalue weighted by atomic mass is 35.5. The summed E-state index contributed by atoms with van der Waals surface area (Å²) in [5.41, 5.74) is 4.04. The standard InChI is InChI=1S/C22H20ClN7O2S/c1-10-8-25-18-16-14(33-19(18)20(31)27-10)3-2-13-17(16)26-9-15(28-13)32-21-11-4-6-24-7-5-12(11)29-22(23)30-21/h2-3,9-10,24-25H,4-8H2,1H3,(H,27,31)/t10-/m1/s1. The second-order valence-electron chi connectivity index (χ2n) is 8.15. The zero-order valence-electron chi connectivity index (χ0n) is 17.7. The lowest BCUT2D eigenvalue weighted by molar-refractivity contribution is 0.0949. The van der Waals surface area contributed by atoms with Gasteiger partial charge in [-0.1, -0.05) is 0 Å². The van der Waals surface area contributed by atoms with Gasteiger partial charge in [0.05, 0.1) is 28.6 Å². The Kier molecular flexibility index (Phi) is 5.01. The maximum absolute atomic E-state index is 12.6. The molecule has 2 aliphatic rings. The fourth-order valence-corrected chi connectivity index (χ4v) is 5.55. The number of fused-ring (bicyclic) bond motifs is 6. The van der Waals surface area contributed by atoms with Crippen molar-refractivity contribution in [1.29, 1.82) is 0 Å². The Hall–Kier alpha value is -3.08. The second kappa shape index (κ2) is 8.05. The Bertz CT molecular complexity index is 1420. The number of halogens is 1. The molecular weight excluding hydrogens is 462 g/mol. The van der Waals surface area contributed by atoms with Crippen molar-refractivity contribution in [2.45, 2.75) is 25.8 Å². The largest absolute Gasteiger partial charge is 0.419 e. The molecule has 5 heterocycles.